The second-order valence-corrected chi connectivity index (χ2v) is 7.79. The molecular formula is C21H28N8O3. The van der Waals surface area contributed by atoms with Gasteiger partial charge in [0.1, 0.15) is 23.4 Å². The van der Waals surface area contributed by atoms with Crippen LogP contribution in [-0.4, -0.2) is 80.3 Å². The number of anilines is 1. The van der Waals surface area contributed by atoms with Crippen molar-refractivity contribution < 1.29 is 14.3 Å². The lowest BCUT2D eigenvalue weighted by Crippen LogP contribution is -2.38. The van der Waals surface area contributed by atoms with E-state index in [2.05, 4.69) is 30.5 Å². The normalized spacial score (nSPS) is 14.6. The molecule has 0 aliphatic carbocycles. The molecule has 1 N–H and O–H groups in total. The highest BCUT2D eigenvalue weighted by Crippen LogP contribution is 2.21. The number of nitrogens with zero attached hydrogens (tertiary/aromatic N) is 7. The Bertz CT molecular complexity index is 1060. The first kappa shape index (κ1) is 21.9. The van der Waals surface area contributed by atoms with Crippen LogP contribution in [0.15, 0.2) is 30.7 Å². The zero-order valence-corrected chi connectivity index (χ0v) is 18.6. The van der Waals surface area contributed by atoms with E-state index in [4.69, 9.17) is 9.47 Å². The molecule has 1 aliphatic rings. The third kappa shape index (κ3) is 4.94. The second-order valence-electron chi connectivity index (χ2n) is 7.79. The fraction of sp³-hybridized carbons (Fsp3) is 0.476. The number of nitrogens with one attached hydrogen (secondary N) is 1. The number of carbonyl (C=O) groups is 1. The van der Waals surface area contributed by atoms with Gasteiger partial charge in [0.2, 0.25) is 5.88 Å². The van der Waals surface area contributed by atoms with Crippen molar-refractivity contribution in [2.24, 2.45) is 0 Å². The molecule has 11 nitrogen and oxygen atoms in total. The van der Waals surface area contributed by atoms with Crippen LogP contribution in [0.1, 0.15) is 30.2 Å². The summed E-state index contributed by atoms with van der Waals surface area (Å²) in [6.07, 6.45) is 3.37. The first-order valence-electron chi connectivity index (χ1n) is 10.6. The summed E-state index contributed by atoms with van der Waals surface area (Å²) >= 11 is 0. The Kier molecular flexibility index (Phi) is 6.76. The molecule has 1 fully saturated rings. The number of amides is 1. The summed E-state index contributed by atoms with van der Waals surface area (Å²) in [6.45, 7) is 8.86. The van der Waals surface area contributed by atoms with Crippen LogP contribution in [0, 0.1) is 0 Å². The molecule has 3 aromatic heterocycles. The molecule has 0 aromatic carbocycles. The summed E-state index contributed by atoms with van der Waals surface area (Å²) in [6, 6.07) is 5.57. The van der Waals surface area contributed by atoms with E-state index in [1.807, 2.05) is 30.5 Å². The van der Waals surface area contributed by atoms with Crippen molar-refractivity contribution in [1.29, 1.82) is 0 Å². The van der Waals surface area contributed by atoms with E-state index in [-0.39, 0.29) is 17.8 Å². The van der Waals surface area contributed by atoms with Gasteiger partial charge in [0, 0.05) is 31.9 Å². The molecule has 0 atom stereocenters. The summed E-state index contributed by atoms with van der Waals surface area (Å²) in [5, 5.41) is 15.4. The highest BCUT2D eigenvalue weighted by Gasteiger charge is 2.19. The SMILES string of the molecule is COc1nn(CCN2CCOCC2)cc1C(=O)Nc1cccc(-c2nncn2C(C)C)n1. The average Bonchev–Trinajstić information content (AvgIpc) is 3.46. The van der Waals surface area contributed by atoms with Gasteiger partial charge in [-0.15, -0.1) is 15.3 Å². The molecule has 4 rings (SSSR count). The number of hydrogen-bond donors (Lipinski definition) is 1. The largest absolute Gasteiger partial charge is 0.479 e. The van der Waals surface area contributed by atoms with Crippen molar-refractivity contribution in [2.75, 3.05) is 45.3 Å². The molecule has 170 valence electrons. The van der Waals surface area contributed by atoms with Crippen molar-refractivity contribution in [3.63, 3.8) is 0 Å². The van der Waals surface area contributed by atoms with E-state index < -0.39 is 0 Å². The zero-order valence-electron chi connectivity index (χ0n) is 18.6. The maximum absolute atomic E-state index is 12.9. The van der Waals surface area contributed by atoms with Gasteiger partial charge in [-0.1, -0.05) is 6.07 Å². The quantitative estimate of drug-likeness (QED) is 0.563. The molecule has 0 saturated carbocycles. The van der Waals surface area contributed by atoms with Gasteiger partial charge >= 0.3 is 0 Å². The second kappa shape index (κ2) is 9.88. The third-order valence-corrected chi connectivity index (χ3v) is 5.26. The number of carbonyl (C=O) groups excluding carboxylic acids is 1. The monoisotopic (exact) mass is 440 g/mol. The van der Waals surface area contributed by atoms with Crippen LogP contribution < -0.4 is 10.1 Å². The molecule has 32 heavy (non-hydrogen) atoms. The minimum absolute atomic E-state index is 0.188. The van der Waals surface area contributed by atoms with Crippen LogP contribution in [0.5, 0.6) is 5.88 Å². The first-order chi connectivity index (χ1) is 15.5. The Morgan fingerprint density at radius 2 is 2.06 bits per heavy atom. The maximum atomic E-state index is 12.9. The number of rotatable bonds is 8. The van der Waals surface area contributed by atoms with Crippen LogP contribution in [0.2, 0.25) is 0 Å². The fourth-order valence-electron chi connectivity index (χ4n) is 3.51. The minimum atomic E-state index is -0.338. The molecule has 1 amide bonds. The van der Waals surface area contributed by atoms with Crippen molar-refractivity contribution in [1.82, 2.24) is 34.4 Å². The average molecular weight is 441 g/mol. The van der Waals surface area contributed by atoms with Crippen molar-refractivity contribution in [2.45, 2.75) is 26.4 Å². The smallest absolute Gasteiger partial charge is 0.263 e. The third-order valence-electron chi connectivity index (χ3n) is 5.26. The number of methoxy groups -OCH3 is 1. The molecule has 0 radical (unpaired) electrons. The van der Waals surface area contributed by atoms with E-state index in [1.165, 1.54) is 7.11 Å². The van der Waals surface area contributed by atoms with E-state index >= 15 is 0 Å². The molecule has 0 bridgehead atoms. The molecule has 3 aromatic rings. The van der Waals surface area contributed by atoms with Crippen LogP contribution in [-0.2, 0) is 11.3 Å². The van der Waals surface area contributed by atoms with Gasteiger partial charge in [0.25, 0.3) is 5.91 Å². The van der Waals surface area contributed by atoms with Gasteiger partial charge in [-0.3, -0.25) is 14.4 Å². The van der Waals surface area contributed by atoms with Crippen LogP contribution in [0.3, 0.4) is 0 Å². The topological polar surface area (TPSA) is 112 Å². The molecule has 4 heterocycles. The molecule has 1 aliphatic heterocycles. The lowest BCUT2D eigenvalue weighted by Gasteiger charge is -2.26. The number of ether oxygens (including phenoxy) is 2. The van der Waals surface area contributed by atoms with Gasteiger partial charge in [0.05, 0.1) is 26.9 Å². The Morgan fingerprint density at radius 1 is 1.25 bits per heavy atom. The standard InChI is InChI=1S/C21H28N8O3/c1-15(2)29-14-22-25-19(29)17-5-4-6-18(23-17)24-20(30)16-13-28(26-21(16)31-3)8-7-27-9-11-32-12-10-27/h4-6,13-15H,7-12H2,1-3H3,(H,23,24,30). The van der Waals surface area contributed by atoms with E-state index in [9.17, 15) is 4.79 Å². The lowest BCUT2D eigenvalue weighted by atomic mass is 10.3. The zero-order chi connectivity index (χ0) is 22.5. The summed E-state index contributed by atoms with van der Waals surface area (Å²) in [4.78, 5) is 19.8. The highest BCUT2D eigenvalue weighted by atomic mass is 16.5. The summed E-state index contributed by atoms with van der Waals surface area (Å²) in [7, 11) is 1.50. The van der Waals surface area contributed by atoms with Gasteiger partial charge < -0.3 is 19.4 Å². The Labute approximate surface area is 186 Å². The van der Waals surface area contributed by atoms with Gasteiger partial charge in [-0.25, -0.2) is 4.98 Å². The lowest BCUT2D eigenvalue weighted by molar-refractivity contribution is 0.0359. The van der Waals surface area contributed by atoms with Crippen LogP contribution >= 0.6 is 0 Å². The molecule has 0 unspecified atom stereocenters. The predicted molar refractivity (Wildman–Crippen MR) is 118 cm³/mol. The Morgan fingerprint density at radius 3 is 2.81 bits per heavy atom. The summed E-state index contributed by atoms with van der Waals surface area (Å²) in [5.41, 5.74) is 0.981. The van der Waals surface area contributed by atoms with Crippen LogP contribution in [0.4, 0.5) is 5.82 Å². The van der Waals surface area contributed by atoms with E-state index in [1.54, 1.807) is 23.3 Å². The summed E-state index contributed by atoms with van der Waals surface area (Å²) in [5.74, 6) is 0.994. The maximum Gasteiger partial charge on any atom is 0.263 e. The van der Waals surface area contributed by atoms with Crippen molar-refractivity contribution >= 4 is 11.7 Å². The Balaban J connectivity index is 1.46. The number of pyridine rings is 1. The van der Waals surface area contributed by atoms with Crippen LogP contribution in [0.25, 0.3) is 11.5 Å². The van der Waals surface area contributed by atoms with Crippen molar-refractivity contribution in [3.8, 4) is 17.4 Å². The first-order valence-corrected chi connectivity index (χ1v) is 10.6. The molecule has 1 saturated heterocycles. The Hall–Kier alpha value is -3.31. The predicted octanol–water partition coefficient (Wildman–Crippen LogP) is 1.71. The van der Waals surface area contributed by atoms with Crippen molar-refractivity contribution in [3.05, 3.63) is 36.3 Å². The van der Waals surface area contributed by atoms with Gasteiger partial charge in [0.15, 0.2) is 5.82 Å². The molecular weight excluding hydrogens is 412 g/mol. The summed E-state index contributed by atoms with van der Waals surface area (Å²) < 4.78 is 14.4. The highest BCUT2D eigenvalue weighted by molar-refractivity contribution is 6.05. The molecule has 0 spiro atoms. The number of hydrogen-bond acceptors (Lipinski definition) is 8. The fourth-order valence-corrected chi connectivity index (χ4v) is 3.51. The number of aromatic nitrogens is 6. The van der Waals surface area contributed by atoms with E-state index in [0.717, 1.165) is 32.8 Å². The van der Waals surface area contributed by atoms with Gasteiger partial charge in [-0.2, -0.15) is 0 Å². The molecule has 11 heteroatoms. The van der Waals surface area contributed by atoms with Gasteiger partial charge in [-0.05, 0) is 26.0 Å². The number of morpholine rings is 1. The minimum Gasteiger partial charge on any atom is -0.479 e. The van der Waals surface area contributed by atoms with E-state index in [0.29, 0.717) is 29.4 Å².